The summed E-state index contributed by atoms with van der Waals surface area (Å²) in [6, 6.07) is 10.2. The Balaban J connectivity index is 1.58. The number of amides is 2. The normalized spacial score (nSPS) is 15.7. The standard InChI is InChI=1S/C21H18FN3O2S/c1-11-3-4-12(2)15(7-11)18-10-28-21(24-18)25-20(27)16-9-19(26)23-17-8-13(22)5-6-14(16)17/h3-8,10,16H,9H2,1-2H3,(H,23,26)(H,24,25,27). The molecule has 0 aliphatic carbocycles. The maximum Gasteiger partial charge on any atom is 0.234 e. The molecule has 0 spiro atoms. The Bertz CT molecular complexity index is 1090. The third kappa shape index (κ3) is 3.53. The maximum atomic E-state index is 13.5. The highest BCUT2D eigenvalue weighted by molar-refractivity contribution is 7.14. The lowest BCUT2D eigenvalue weighted by Crippen LogP contribution is -2.30. The average molecular weight is 395 g/mol. The van der Waals surface area contributed by atoms with Gasteiger partial charge in [0.05, 0.1) is 11.6 Å². The molecule has 0 bridgehead atoms. The number of nitrogens with one attached hydrogen (secondary N) is 2. The second kappa shape index (κ2) is 7.16. The van der Waals surface area contributed by atoms with Crippen LogP contribution in [0.2, 0.25) is 0 Å². The molecule has 1 atom stereocenters. The molecule has 2 heterocycles. The van der Waals surface area contributed by atoms with Crippen molar-refractivity contribution < 1.29 is 14.0 Å². The summed E-state index contributed by atoms with van der Waals surface area (Å²) >= 11 is 1.33. The highest BCUT2D eigenvalue weighted by Gasteiger charge is 2.31. The first-order chi connectivity index (χ1) is 13.4. The van der Waals surface area contributed by atoms with Gasteiger partial charge in [0.15, 0.2) is 5.13 Å². The van der Waals surface area contributed by atoms with Gasteiger partial charge in [-0.15, -0.1) is 11.3 Å². The van der Waals surface area contributed by atoms with Crippen molar-refractivity contribution >= 4 is 34.0 Å². The van der Waals surface area contributed by atoms with Gasteiger partial charge in [-0.2, -0.15) is 0 Å². The van der Waals surface area contributed by atoms with Crippen LogP contribution in [-0.4, -0.2) is 16.8 Å². The van der Waals surface area contributed by atoms with E-state index in [0.717, 1.165) is 22.4 Å². The van der Waals surface area contributed by atoms with Crippen LogP contribution in [0.4, 0.5) is 15.2 Å². The van der Waals surface area contributed by atoms with E-state index in [0.29, 0.717) is 16.4 Å². The Morgan fingerprint density at radius 1 is 1.25 bits per heavy atom. The van der Waals surface area contributed by atoms with Crippen molar-refractivity contribution in [1.82, 2.24) is 4.98 Å². The molecule has 0 saturated heterocycles. The molecule has 28 heavy (non-hydrogen) atoms. The lowest BCUT2D eigenvalue weighted by Gasteiger charge is -2.24. The molecular weight excluding hydrogens is 377 g/mol. The fourth-order valence-corrected chi connectivity index (χ4v) is 4.04. The number of thiazole rings is 1. The highest BCUT2D eigenvalue weighted by atomic mass is 32.1. The van der Waals surface area contributed by atoms with Crippen LogP contribution < -0.4 is 10.6 Å². The van der Waals surface area contributed by atoms with Gasteiger partial charge in [0.1, 0.15) is 5.82 Å². The van der Waals surface area contributed by atoms with Gasteiger partial charge in [-0.3, -0.25) is 9.59 Å². The van der Waals surface area contributed by atoms with Crippen LogP contribution >= 0.6 is 11.3 Å². The van der Waals surface area contributed by atoms with Crippen molar-refractivity contribution in [3.63, 3.8) is 0 Å². The summed E-state index contributed by atoms with van der Waals surface area (Å²) in [4.78, 5) is 29.3. The number of benzene rings is 2. The number of rotatable bonds is 3. The molecule has 0 radical (unpaired) electrons. The number of halogens is 1. The average Bonchev–Trinajstić information content (AvgIpc) is 3.10. The quantitative estimate of drug-likeness (QED) is 0.679. The predicted molar refractivity (Wildman–Crippen MR) is 108 cm³/mol. The van der Waals surface area contributed by atoms with Gasteiger partial charge >= 0.3 is 0 Å². The summed E-state index contributed by atoms with van der Waals surface area (Å²) < 4.78 is 13.5. The van der Waals surface area contributed by atoms with E-state index in [9.17, 15) is 14.0 Å². The molecule has 1 aromatic heterocycles. The second-order valence-electron chi connectivity index (χ2n) is 6.88. The number of hydrogen-bond donors (Lipinski definition) is 2. The number of nitrogens with zero attached hydrogens (tertiary/aromatic N) is 1. The van der Waals surface area contributed by atoms with Crippen molar-refractivity contribution in [2.75, 3.05) is 10.6 Å². The first-order valence-corrected chi connectivity index (χ1v) is 9.72. The monoisotopic (exact) mass is 395 g/mol. The van der Waals surface area contributed by atoms with Crippen molar-refractivity contribution in [3.8, 4) is 11.3 Å². The number of carbonyl (C=O) groups excluding carboxylic acids is 2. The van der Waals surface area contributed by atoms with Gasteiger partial charge in [0.25, 0.3) is 0 Å². The van der Waals surface area contributed by atoms with Crippen LogP contribution in [0.3, 0.4) is 0 Å². The Hall–Kier alpha value is -3.06. The lowest BCUT2D eigenvalue weighted by molar-refractivity contribution is -0.123. The van der Waals surface area contributed by atoms with E-state index >= 15 is 0 Å². The molecule has 7 heteroatoms. The van der Waals surface area contributed by atoms with Gasteiger partial charge in [0, 0.05) is 23.1 Å². The second-order valence-corrected chi connectivity index (χ2v) is 7.74. The summed E-state index contributed by atoms with van der Waals surface area (Å²) in [6.07, 6.45) is 0.0136. The number of fused-ring (bicyclic) bond motifs is 1. The molecule has 1 aliphatic rings. The molecule has 1 aliphatic heterocycles. The van der Waals surface area contributed by atoms with E-state index in [4.69, 9.17) is 0 Å². The largest absolute Gasteiger partial charge is 0.326 e. The first-order valence-electron chi connectivity index (χ1n) is 8.84. The summed E-state index contributed by atoms with van der Waals surface area (Å²) in [7, 11) is 0. The summed E-state index contributed by atoms with van der Waals surface area (Å²) in [6.45, 7) is 4.04. The zero-order valence-electron chi connectivity index (χ0n) is 15.4. The Morgan fingerprint density at radius 2 is 2.07 bits per heavy atom. The van der Waals surface area contributed by atoms with Crippen molar-refractivity contribution in [3.05, 3.63) is 64.3 Å². The third-order valence-electron chi connectivity index (χ3n) is 4.77. The van der Waals surface area contributed by atoms with Crippen LogP contribution in [0.25, 0.3) is 11.3 Å². The number of hydrogen-bond acceptors (Lipinski definition) is 4. The van der Waals surface area contributed by atoms with Gasteiger partial charge in [-0.05, 0) is 43.2 Å². The molecule has 0 saturated carbocycles. The number of anilines is 2. The summed E-state index contributed by atoms with van der Waals surface area (Å²) in [5.41, 5.74) is 5.00. The molecule has 1 unspecified atom stereocenters. The smallest absolute Gasteiger partial charge is 0.234 e. The Labute approximate surface area is 165 Å². The highest BCUT2D eigenvalue weighted by Crippen LogP contribution is 2.34. The molecule has 3 aromatic rings. The van der Waals surface area contributed by atoms with E-state index in [1.807, 2.05) is 31.4 Å². The third-order valence-corrected chi connectivity index (χ3v) is 5.53. The topological polar surface area (TPSA) is 71.1 Å². The number of aryl methyl sites for hydroxylation is 2. The fourth-order valence-electron chi connectivity index (χ4n) is 3.33. The Kier molecular flexibility index (Phi) is 4.68. The zero-order chi connectivity index (χ0) is 19.8. The van der Waals surface area contributed by atoms with E-state index in [2.05, 4.69) is 21.7 Å². The van der Waals surface area contributed by atoms with Crippen molar-refractivity contribution in [1.29, 1.82) is 0 Å². The van der Waals surface area contributed by atoms with Gasteiger partial charge in [0.2, 0.25) is 11.8 Å². The first kappa shape index (κ1) is 18.3. The van der Waals surface area contributed by atoms with E-state index < -0.39 is 11.7 Å². The number of carbonyl (C=O) groups is 2. The maximum absolute atomic E-state index is 13.5. The Morgan fingerprint density at radius 3 is 2.89 bits per heavy atom. The van der Waals surface area contributed by atoms with Crippen LogP contribution in [0, 0.1) is 19.7 Å². The van der Waals surface area contributed by atoms with Crippen molar-refractivity contribution in [2.24, 2.45) is 0 Å². The molecule has 142 valence electrons. The SMILES string of the molecule is Cc1ccc(C)c(-c2csc(NC(=O)C3CC(=O)Nc4cc(F)ccc43)n2)c1. The van der Waals surface area contributed by atoms with Gasteiger partial charge < -0.3 is 10.6 Å². The minimum Gasteiger partial charge on any atom is -0.326 e. The molecule has 4 rings (SSSR count). The lowest BCUT2D eigenvalue weighted by atomic mass is 9.90. The molecule has 2 aromatic carbocycles. The van der Waals surface area contributed by atoms with Crippen LogP contribution in [0.1, 0.15) is 29.0 Å². The van der Waals surface area contributed by atoms with Crippen LogP contribution in [0.15, 0.2) is 41.8 Å². The zero-order valence-corrected chi connectivity index (χ0v) is 16.2. The minimum atomic E-state index is -0.683. The van der Waals surface area contributed by atoms with Crippen LogP contribution in [-0.2, 0) is 9.59 Å². The molecular formula is C21H18FN3O2S. The van der Waals surface area contributed by atoms with Crippen molar-refractivity contribution in [2.45, 2.75) is 26.2 Å². The van der Waals surface area contributed by atoms with E-state index in [1.54, 1.807) is 0 Å². The molecule has 2 amide bonds. The van der Waals surface area contributed by atoms with E-state index in [-0.39, 0.29) is 18.2 Å². The van der Waals surface area contributed by atoms with Crippen LogP contribution in [0.5, 0.6) is 0 Å². The predicted octanol–water partition coefficient (Wildman–Crippen LogP) is 4.63. The summed E-state index contributed by atoms with van der Waals surface area (Å²) in [5, 5.41) is 7.79. The minimum absolute atomic E-state index is 0.0136. The van der Waals surface area contributed by atoms with E-state index in [1.165, 1.54) is 29.5 Å². The molecule has 5 nitrogen and oxygen atoms in total. The van der Waals surface area contributed by atoms with Gasteiger partial charge in [-0.25, -0.2) is 9.37 Å². The molecule has 0 fully saturated rings. The van der Waals surface area contributed by atoms with Gasteiger partial charge in [-0.1, -0.05) is 23.8 Å². The summed E-state index contributed by atoms with van der Waals surface area (Å²) in [5.74, 6) is -1.78. The fraction of sp³-hybridized carbons (Fsp3) is 0.190. The number of aromatic nitrogens is 1. The molecule has 2 N–H and O–H groups in total.